The molecule has 0 saturated carbocycles. The van der Waals surface area contributed by atoms with Crippen LogP contribution in [0.4, 0.5) is 0 Å². The van der Waals surface area contributed by atoms with Crippen molar-refractivity contribution in [1.82, 2.24) is 19.9 Å². The molecule has 0 aliphatic rings. The minimum absolute atomic E-state index is 0.233. The van der Waals surface area contributed by atoms with Crippen LogP contribution in [0.3, 0.4) is 0 Å². The van der Waals surface area contributed by atoms with Gasteiger partial charge < -0.3 is 17.7 Å². The second kappa shape index (κ2) is 14.0. The van der Waals surface area contributed by atoms with Gasteiger partial charge in [0.15, 0.2) is 12.8 Å². The molecule has 0 fully saturated rings. The summed E-state index contributed by atoms with van der Waals surface area (Å²) in [5.41, 5.74) is 3.08. The smallest absolute Gasteiger partial charge is 0.347 e. The summed E-state index contributed by atoms with van der Waals surface area (Å²) >= 11 is 0. The van der Waals surface area contributed by atoms with Gasteiger partial charge >= 0.3 is 22.5 Å². The Balaban J connectivity index is 0.000000150. The van der Waals surface area contributed by atoms with Gasteiger partial charge in [-0.2, -0.15) is 0 Å². The predicted octanol–water partition coefficient (Wildman–Crippen LogP) is 6.71. The normalized spacial score (nSPS) is 10.8. The number of nitrogens with zero attached hydrogens (tertiary/aromatic N) is 4. The van der Waals surface area contributed by atoms with Crippen LogP contribution >= 0.6 is 0 Å². The van der Waals surface area contributed by atoms with E-state index in [9.17, 15) is 19.2 Å². The number of hydrogen-bond acceptors (Lipinski definition) is 12. The lowest BCUT2D eigenvalue weighted by molar-refractivity contribution is 0.501. The van der Waals surface area contributed by atoms with Crippen molar-refractivity contribution < 1.29 is 17.7 Å². The van der Waals surface area contributed by atoms with Gasteiger partial charge in [0.05, 0.1) is 43.6 Å². The van der Waals surface area contributed by atoms with Crippen molar-refractivity contribution in [1.29, 1.82) is 0 Å². The van der Waals surface area contributed by atoms with Crippen LogP contribution in [0.5, 0.6) is 0 Å². The van der Waals surface area contributed by atoms with E-state index in [1.807, 2.05) is 37.3 Å². The molecule has 4 heterocycles. The van der Waals surface area contributed by atoms with Gasteiger partial charge in [-0.05, 0) is 79.2 Å². The lowest BCUT2D eigenvalue weighted by Gasteiger charge is -2.07. The number of aromatic nitrogens is 4. The van der Waals surface area contributed by atoms with Crippen molar-refractivity contribution >= 4 is 43.6 Å². The summed E-state index contributed by atoms with van der Waals surface area (Å²) in [6.45, 7) is 1.87. The van der Waals surface area contributed by atoms with E-state index in [2.05, 4.69) is 28.8 Å². The Morgan fingerprint density at radius 3 is 1.33 bits per heavy atom. The quantitative estimate of drug-likeness (QED) is 0.190. The highest BCUT2D eigenvalue weighted by Gasteiger charge is 2.14. The van der Waals surface area contributed by atoms with E-state index in [4.69, 9.17) is 8.83 Å². The molecular formula is C39H24N4O8. The molecule has 9 rings (SSSR count). The van der Waals surface area contributed by atoms with Crippen LogP contribution in [-0.2, 0) is 0 Å². The highest BCUT2D eigenvalue weighted by molar-refractivity contribution is 5.81. The van der Waals surface area contributed by atoms with Gasteiger partial charge in [-0.25, -0.2) is 39.1 Å². The zero-order valence-electron chi connectivity index (χ0n) is 26.7. The highest BCUT2D eigenvalue weighted by Crippen LogP contribution is 2.27. The molecule has 0 aliphatic heterocycles. The van der Waals surface area contributed by atoms with E-state index in [1.165, 1.54) is 0 Å². The molecule has 0 aliphatic carbocycles. The number of rotatable bonds is 2. The molecule has 0 amide bonds. The van der Waals surface area contributed by atoms with Crippen molar-refractivity contribution in [3.63, 3.8) is 0 Å². The standard InChI is InChI=1S/C23H14N2O4.2C8H5NO2/c1-13-12-14(20-24-18-8-4-2-6-16(18)22(26)28-20)10-11-15(13)21-25-19-9-5-3-7-17(19)23(27)29-21;2*10-8-6-3-1-2-4-7(6)9-5-11-8/h2-12H,1H3;2*1-5H. The van der Waals surface area contributed by atoms with E-state index in [0.717, 1.165) is 18.4 Å². The molecule has 12 heteroatoms. The summed E-state index contributed by atoms with van der Waals surface area (Å²) in [7, 11) is 0. The van der Waals surface area contributed by atoms with Crippen LogP contribution in [0, 0.1) is 6.92 Å². The molecule has 0 radical (unpaired) electrons. The summed E-state index contributed by atoms with van der Waals surface area (Å²) in [6.07, 6.45) is 2.31. The SMILES string of the molecule is Cc1cc(-c2nc3ccccc3c(=O)o2)ccc1-c1nc2ccccc2c(=O)o1.O=c1ocnc2ccccc12.O=c1ocnc2ccccc12. The summed E-state index contributed by atoms with van der Waals surface area (Å²) in [6, 6.07) is 33.6. The Bertz CT molecular complexity index is 2850. The number of para-hydroxylation sites is 4. The van der Waals surface area contributed by atoms with Gasteiger partial charge in [-0.3, -0.25) is 0 Å². The Morgan fingerprint density at radius 2 is 0.863 bits per heavy atom. The highest BCUT2D eigenvalue weighted by atomic mass is 16.4. The van der Waals surface area contributed by atoms with Gasteiger partial charge in [0.2, 0.25) is 11.8 Å². The molecule has 0 bridgehead atoms. The van der Waals surface area contributed by atoms with Crippen molar-refractivity contribution in [2.45, 2.75) is 6.92 Å². The fourth-order valence-electron chi connectivity index (χ4n) is 5.22. The third kappa shape index (κ3) is 6.82. The van der Waals surface area contributed by atoms with Crippen LogP contribution in [0.15, 0.2) is 165 Å². The topological polar surface area (TPSA) is 172 Å². The first-order chi connectivity index (χ1) is 24.9. The summed E-state index contributed by atoms with van der Waals surface area (Å²) in [5, 5.41) is 1.92. The van der Waals surface area contributed by atoms with Crippen LogP contribution in [-0.4, -0.2) is 19.9 Å². The van der Waals surface area contributed by atoms with Gasteiger partial charge in [0, 0.05) is 11.1 Å². The molecule has 0 saturated heterocycles. The second-order valence-electron chi connectivity index (χ2n) is 11.0. The average molecular weight is 677 g/mol. The monoisotopic (exact) mass is 676 g/mol. The summed E-state index contributed by atoms with van der Waals surface area (Å²) in [5.74, 6) is 0.474. The molecule has 12 nitrogen and oxygen atoms in total. The molecule has 0 atom stereocenters. The lowest BCUT2D eigenvalue weighted by Crippen LogP contribution is -2.04. The molecule has 5 aromatic carbocycles. The molecular weight excluding hydrogens is 652 g/mol. The molecule has 0 N–H and O–H groups in total. The van der Waals surface area contributed by atoms with E-state index in [0.29, 0.717) is 54.7 Å². The first-order valence-electron chi connectivity index (χ1n) is 15.4. The van der Waals surface area contributed by atoms with Crippen molar-refractivity contribution in [3.8, 4) is 22.9 Å². The summed E-state index contributed by atoms with van der Waals surface area (Å²) in [4.78, 5) is 63.1. The molecule has 9 aromatic rings. The number of benzene rings is 5. The Hall–Kier alpha value is -7.34. The maximum atomic E-state index is 12.3. The molecule has 51 heavy (non-hydrogen) atoms. The van der Waals surface area contributed by atoms with E-state index in [1.54, 1.807) is 84.9 Å². The Morgan fingerprint density at radius 1 is 0.451 bits per heavy atom. The minimum atomic E-state index is -0.436. The second-order valence-corrected chi connectivity index (χ2v) is 11.0. The van der Waals surface area contributed by atoms with Gasteiger partial charge in [0.1, 0.15) is 0 Å². The zero-order chi connectivity index (χ0) is 35.3. The summed E-state index contributed by atoms with van der Waals surface area (Å²) < 4.78 is 20.0. The van der Waals surface area contributed by atoms with Crippen molar-refractivity contribution in [2.75, 3.05) is 0 Å². The first-order valence-corrected chi connectivity index (χ1v) is 15.4. The van der Waals surface area contributed by atoms with E-state index < -0.39 is 11.3 Å². The third-order valence-electron chi connectivity index (χ3n) is 7.73. The van der Waals surface area contributed by atoms with Crippen LogP contribution in [0.2, 0.25) is 0 Å². The Kier molecular flexibility index (Phi) is 8.86. The Labute approximate surface area is 286 Å². The predicted molar refractivity (Wildman–Crippen MR) is 190 cm³/mol. The average Bonchev–Trinajstić information content (AvgIpc) is 3.16. The van der Waals surface area contributed by atoms with Gasteiger partial charge in [-0.1, -0.05) is 48.5 Å². The van der Waals surface area contributed by atoms with Crippen molar-refractivity contribution in [3.05, 3.63) is 175 Å². The number of aryl methyl sites for hydroxylation is 1. The first kappa shape index (κ1) is 32.2. The lowest BCUT2D eigenvalue weighted by atomic mass is 10.0. The fourth-order valence-corrected chi connectivity index (χ4v) is 5.22. The maximum absolute atomic E-state index is 12.3. The van der Waals surface area contributed by atoms with Crippen molar-refractivity contribution in [2.24, 2.45) is 0 Å². The largest absolute Gasteiger partial charge is 0.411 e. The van der Waals surface area contributed by atoms with Crippen LogP contribution < -0.4 is 22.5 Å². The maximum Gasteiger partial charge on any atom is 0.347 e. The number of hydrogen-bond donors (Lipinski definition) is 0. The van der Waals surface area contributed by atoms with E-state index in [-0.39, 0.29) is 23.0 Å². The molecule has 0 unspecified atom stereocenters. The minimum Gasteiger partial charge on any atom is -0.411 e. The molecule has 0 spiro atoms. The van der Waals surface area contributed by atoms with Crippen LogP contribution in [0.1, 0.15) is 5.56 Å². The molecule has 248 valence electrons. The van der Waals surface area contributed by atoms with Gasteiger partial charge in [-0.15, -0.1) is 0 Å². The van der Waals surface area contributed by atoms with E-state index >= 15 is 0 Å². The fraction of sp³-hybridized carbons (Fsp3) is 0.0256. The van der Waals surface area contributed by atoms with Crippen LogP contribution in [0.25, 0.3) is 66.5 Å². The van der Waals surface area contributed by atoms with Gasteiger partial charge in [0.25, 0.3) is 0 Å². The zero-order valence-corrected chi connectivity index (χ0v) is 26.7. The third-order valence-corrected chi connectivity index (χ3v) is 7.73. The molecule has 4 aromatic heterocycles. The number of fused-ring (bicyclic) bond motifs is 4.